The van der Waals surface area contributed by atoms with E-state index in [1.54, 1.807) is 30.9 Å². The monoisotopic (exact) mass is 598 g/mol. The fraction of sp³-hybridized carbons (Fsp3) is 0.394. The summed E-state index contributed by atoms with van der Waals surface area (Å²) in [5, 5.41) is 2.88. The van der Waals surface area contributed by atoms with Crippen molar-refractivity contribution in [3.05, 3.63) is 95.6 Å². The Morgan fingerprint density at radius 2 is 1.58 bits per heavy atom. The van der Waals surface area contributed by atoms with Gasteiger partial charge in [-0.2, -0.15) is 13.2 Å². The third kappa shape index (κ3) is 7.80. The van der Waals surface area contributed by atoms with E-state index in [4.69, 9.17) is 14.2 Å². The molecule has 3 aromatic carbocycles. The molecule has 2 amide bonds. The molecule has 0 aliphatic carbocycles. The number of hydrogen-bond acceptors (Lipinski definition) is 5. The summed E-state index contributed by atoms with van der Waals surface area (Å²) in [6.45, 7) is 6.64. The summed E-state index contributed by atoms with van der Waals surface area (Å²) in [5.41, 5.74) is -1.05. The van der Waals surface area contributed by atoms with Crippen LogP contribution in [0.2, 0.25) is 0 Å². The van der Waals surface area contributed by atoms with Crippen LogP contribution in [0.25, 0.3) is 0 Å². The van der Waals surface area contributed by atoms with Crippen LogP contribution in [0, 0.1) is 0 Å². The van der Waals surface area contributed by atoms with E-state index in [0.29, 0.717) is 43.0 Å². The number of nitrogens with zero attached hydrogens (tertiary/aromatic N) is 1. The van der Waals surface area contributed by atoms with Gasteiger partial charge in [-0.1, -0.05) is 42.5 Å². The molecule has 1 N–H and O–H groups in total. The number of esters is 1. The Kier molecular flexibility index (Phi) is 9.88. The van der Waals surface area contributed by atoms with Gasteiger partial charge in [0.2, 0.25) is 5.60 Å². The molecule has 4 rings (SSSR count). The summed E-state index contributed by atoms with van der Waals surface area (Å²) in [6.07, 6.45) is -3.29. The third-order valence-corrected chi connectivity index (χ3v) is 7.61. The zero-order chi connectivity index (χ0) is 31.1. The molecule has 10 heteroatoms. The number of nitrogens with one attached hydrogen (secondary N) is 1. The summed E-state index contributed by atoms with van der Waals surface area (Å²) in [7, 11) is 0. The van der Waals surface area contributed by atoms with Gasteiger partial charge in [-0.05, 0) is 74.7 Å². The SMILES string of the molecule is CCOC(=O)C(C)(Cc1ccc(OCCC2(Cc3ccc(C(F)(F)F)cc3)CNC(=O)N2CC)cc1)Oc1ccccc1. The van der Waals surface area contributed by atoms with Crippen molar-refractivity contribution >= 4 is 12.0 Å². The summed E-state index contributed by atoms with van der Waals surface area (Å²) in [5.74, 6) is 0.706. The smallest absolute Gasteiger partial charge is 0.416 e. The Labute approximate surface area is 249 Å². The van der Waals surface area contributed by atoms with Gasteiger partial charge in [0.05, 0.1) is 24.3 Å². The van der Waals surface area contributed by atoms with Crippen LogP contribution in [0.5, 0.6) is 11.5 Å². The maximum atomic E-state index is 13.1. The number of rotatable bonds is 13. The molecule has 1 saturated heterocycles. The molecule has 2 unspecified atom stereocenters. The molecule has 3 aromatic rings. The maximum absolute atomic E-state index is 13.1. The minimum Gasteiger partial charge on any atom is -0.494 e. The molecule has 0 spiro atoms. The Balaban J connectivity index is 1.42. The van der Waals surface area contributed by atoms with Crippen LogP contribution in [-0.2, 0) is 28.5 Å². The van der Waals surface area contributed by atoms with E-state index in [1.165, 1.54) is 12.1 Å². The highest BCUT2D eigenvalue weighted by atomic mass is 19.4. The van der Waals surface area contributed by atoms with Crippen LogP contribution in [-0.4, -0.2) is 54.3 Å². The van der Waals surface area contributed by atoms with Crippen LogP contribution in [0.1, 0.15) is 43.9 Å². The van der Waals surface area contributed by atoms with E-state index in [-0.39, 0.29) is 25.7 Å². The van der Waals surface area contributed by atoms with Gasteiger partial charge in [0.15, 0.2) is 0 Å². The molecule has 7 nitrogen and oxygen atoms in total. The standard InChI is InChI=1S/C33H37F3N2O5/c1-4-38-30(40)37-23-32(38,22-25-11-15-26(16-12-25)33(34,35)36)19-20-42-27-17-13-24(14-18-27)21-31(3,29(39)41-5-2)43-28-9-7-6-8-10-28/h6-18H,4-5,19-23H2,1-3H3,(H,37,40). The van der Waals surface area contributed by atoms with Crippen molar-refractivity contribution in [2.75, 3.05) is 26.3 Å². The number of ether oxygens (including phenoxy) is 3. The van der Waals surface area contributed by atoms with Gasteiger partial charge in [0, 0.05) is 25.9 Å². The number of urea groups is 1. The number of likely N-dealkylation sites (N-methyl/N-ethyl adjacent to an activating group) is 1. The van der Waals surface area contributed by atoms with Crippen LogP contribution in [0.15, 0.2) is 78.9 Å². The summed E-state index contributed by atoms with van der Waals surface area (Å²) < 4.78 is 56.6. The summed E-state index contributed by atoms with van der Waals surface area (Å²) in [4.78, 5) is 27.1. The van der Waals surface area contributed by atoms with Crippen molar-refractivity contribution < 1.29 is 37.0 Å². The number of benzene rings is 3. The fourth-order valence-electron chi connectivity index (χ4n) is 5.42. The van der Waals surface area contributed by atoms with Crippen LogP contribution < -0.4 is 14.8 Å². The summed E-state index contributed by atoms with van der Waals surface area (Å²) in [6, 6.07) is 21.3. The minimum atomic E-state index is -4.41. The number of para-hydroxylation sites is 1. The Morgan fingerprint density at radius 3 is 2.19 bits per heavy atom. The number of hydrogen-bond donors (Lipinski definition) is 1. The Bertz CT molecular complexity index is 1370. The molecular weight excluding hydrogens is 561 g/mol. The number of halogens is 3. The van der Waals surface area contributed by atoms with Crippen LogP contribution in [0.3, 0.4) is 0 Å². The van der Waals surface area contributed by atoms with Gasteiger partial charge in [0.25, 0.3) is 0 Å². The second-order valence-electron chi connectivity index (χ2n) is 10.8. The number of carbonyl (C=O) groups excluding carboxylic acids is 2. The molecule has 0 radical (unpaired) electrons. The first-order chi connectivity index (χ1) is 20.5. The van der Waals surface area contributed by atoms with E-state index < -0.39 is 28.8 Å². The first-order valence-electron chi connectivity index (χ1n) is 14.3. The lowest BCUT2D eigenvalue weighted by Crippen LogP contribution is -2.50. The van der Waals surface area contributed by atoms with Crippen molar-refractivity contribution in [1.29, 1.82) is 0 Å². The van der Waals surface area contributed by atoms with Crippen LogP contribution >= 0.6 is 0 Å². The minimum absolute atomic E-state index is 0.207. The highest BCUT2D eigenvalue weighted by Crippen LogP contribution is 2.33. The number of amides is 2. The fourth-order valence-corrected chi connectivity index (χ4v) is 5.42. The van der Waals surface area contributed by atoms with E-state index in [0.717, 1.165) is 17.7 Å². The predicted octanol–water partition coefficient (Wildman–Crippen LogP) is 6.44. The first kappa shape index (κ1) is 31.7. The molecular formula is C33H37F3N2O5. The third-order valence-electron chi connectivity index (χ3n) is 7.61. The van der Waals surface area contributed by atoms with Gasteiger partial charge in [-0.3, -0.25) is 0 Å². The lowest BCUT2D eigenvalue weighted by atomic mass is 9.86. The average molecular weight is 599 g/mol. The van der Waals surface area contributed by atoms with E-state index >= 15 is 0 Å². The number of carbonyl (C=O) groups is 2. The highest BCUT2D eigenvalue weighted by Gasteiger charge is 2.44. The lowest BCUT2D eigenvalue weighted by molar-refractivity contribution is -0.160. The molecule has 0 aromatic heterocycles. The Morgan fingerprint density at radius 1 is 0.930 bits per heavy atom. The van der Waals surface area contributed by atoms with Crippen molar-refractivity contribution in [2.45, 2.75) is 57.3 Å². The van der Waals surface area contributed by atoms with E-state index in [2.05, 4.69) is 5.32 Å². The normalized spacial score (nSPS) is 18.1. The molecule has 1 aliphatic heterocycles. The molecule has 0 saturated carbocycles. The zero-order valence-corrected chi connectivity index (χ0v) is 24.6. The molecule has 0 bridgehead atoms. The van der Waals surface area contributed by atoms with Crippen molar-refractivity contribution in [2.24, 2.45) is 0 Å². The van der Waals surface area contributed by atoms with Crippen molar-refractivity contribution in [1.82, 2.24) is 10.2 Å². The predicted molar refractivity (Wildman–Crippen MR) is 156 cm³/mol. The summed E-state index contributed by atoms with van der Waals surface area (Å²) >= 11 is 0. The average Bonchev–Trinajstić information content (AvgIpc) is 3.28. The molecule has 43 heavy (non-hydrogen) atoms. The highest BCUT2D eigenvalue weighted by molar-refractivity contribution is 5.80. The number of alkyl halides is 3. The van der Waals surface area contributed by atoms with Gasteiger partial charge < -0.3 is 24.4 Å². The molecule has 1 heterocycles. The Hall–Kier alpha value is -4.21. The van der Waals surface area contributed by atoms with Gasteiger partial charge >= 0.3 is 18.2 Å². The second kappa shape index (κ2) is 13.4. The molecule has 1 fully saturated rings. The van der Waals surface area contributed by atoms with E-state index in [9.17, 15) is 22.8 Å². The lowest BCUT2D eigenvalue weighted by Gasteiger charge is -2.37. The quantitative estimate of drug-likeness (QED) is 0.229. The largest absolute Gasteiger partial charge is 0.494 e. The topological polar surface area (TPSA) is 77.1 Å². The molecule has 1 aliphatic rings. The second-order valence-corrected chi connectivity index (χ2v) is 10.8. The zero-order valence-electron chi connectivity index (χ0n) is 24.6. The van der Waals surface area contributed by atoms with Gasteiger partial charge in [0.1, 0.15) is 11.5 Å². The maximum Gasteiger partial charge on any atom is 0.416 e. The molecule has 230 valence electrons. The van der Waals surface area contributed by atoms with E-state index in [1.807, 2.05) is 49.4 Å². The van der Waals surface area contributed by atoms with Crippen molar-refractivity contribution in [3.8, 4) is 11.5 Å². The molecule has 2 atom stereocenters. The van der Waals surface area contributed by atoms with Crippen LogP contribution in [0.4, 0.5) is 18.0 Å². The van der Waals surface area contributed by atoms with Crippen molar-refractivity contribution in [3.63, 3.8) is 0 Å². The van der Waals surface area contributed by atoms with Gasteiger partial charge in [-0.15, -0.1) is 0 Å². The van der Waals surface area contributed by atoms with Gasteiger partial charge in [-0.25, -0.2) is 9.59 Å². The first-order valence-corrected chi connectivity index (χ1v) is 14.3.